The van der Waals surface area contributed by atoms with Gasteiger partial charge in [-0.2, -0.15) is 0 Å². The predicted octanol–water partition coefficient (Wildman–Crippen LogP) is 3.97. The zero-order valence-electron chi connectivity index (χ0n) is 15.3. The Morgan fingerprint density at radius 1 is 1.08 bits per heavy atom. The van der Waals surface area contributed by atoms with Gasteiger partial charge in [-0.15, -0.1) is 35.3 Å². The monoisotopic (exact) mass is 472 g/mol. The van der Waals surface area contributed by atoms with Crippen LogP contribution in [0.25, 0.3) is 0 Å². The second kappa shape index (κ2) is 12.2. The first-order valence-corrected chi connectivity index (χ1v) is 9.54. The molecule has 0 fully saturated rings. The summed E-state index contributed by atoms with van der Waals surface area (Å²) in [5.74, 6) is 0.885. The fourth-order valence-electron chi connectivity index (χ4n) is 2.39. The van der Waals surface area contributed by atoms with E-state index in [2.05, 4.69) is 65.6 Å². The molecule has 0 spiro atoms. The van der Waals surface area contributed by atoms with Crippen LogP contribution >= 0.6 is 35.3 Å². The van der Waals surface area contributed by atoms with Gasteiger partial charge in [0.15, 0.2) is 5.96 Å². The Labute approximate surface area is 172 Å². The molecule has 0 unspecified atom stereocenters. The summed E-state index contributed by atoms with van der Waals surface area (Å²) in [5, 5.41) is 7.87. The van der Waals surface area contributed by atoms with Gasteiger partial charge in [-0.25, -0.2) is 4.98 Å². The summed E-state index contributed by atoms with van der Waals surface area (Å²) in [6.07, 6.45) is 4.92. The van der Waals surface area contributed by atoms with Crippen molar-refractivity contribution in [3.05, 3.63) is 51.5 Å². The molecule has 0 amide bonds. The van der Waals surface area contributed by atoms with Crippen molar-refractivity contribution < 1.29 is 0 Å². The second-order valence-corrected chi connectivity index (χ2v) is 7.04. The first-order valence-electron chi connectivity index (χ1n) is 8.72. The number of benzene rings is 1. The Bertz CT molecular complexity index is 637. The van der Waals surface area contributed by atoms with E-state index >= 15 is 0 Å². The van der Waals surface area contributed by atoms with E-state index in [1.165, 1.54) is 16.0 Å². The smallest absolute Gasteiger partial charge is 0.191 e. The molecule has 0 saturated heterocycles. The van der Waals surface area contributed by atoms with Gasteiger partial charge in [-0.05, 0) is 37.8 Å². The van der Waals surface area contributed by atoms with Crippen molar-refractivity contribution in [2.24, 2.45) is 4.99 Å². The zero-order valence-corrected chi connectivity index (χ0v) is 18.5. The minimum Gasteiger partial charge on any atom is -0.357 e. The Hall–Kier alpha value is -1.15. The molecule has 1 aromatic heterocycles. The van der Waals surface area contributed by atoms with E-state index in [-0.39, 0.29) is 24.0 Å². The van der Waals surface area contributed by atoms with Gasteiger partial charge in [0, 0.05) is 37.1 Å². The molecule has 1 aromatic carbocycles. The number of nitrogens with zero attached hydrogens (tertiary/aromatic N) is 2. The largest absolute Gasteiger partial charge is 0.357 e. The lowest BCUT2D eigenvalue weighted by atomic mass is 10.1. The van der Waals surface area contributed by atoms with Crippen LogP contribution in [0.2, 0.25) is 0 Å². The topological polar surface area (TPSA) is 49.3 Å². The highest BCUT2D eigenvalue weighted by Crippen LogP contribution is 2.11. The highest BCUT2D eigenvalue weighted by Gasteiger charge is 2.00. The second-order valence-electron chi connectivity index (χ2n) is 5.72. The molecule has 0 aliphatic rings. The number of hydrogen-bond acceptors (Lipinski definition) is 3. The van der Waals surface area contributed by atoms with E-state index in [1.807, 2.05) is 6.20 Å². The lowest BCUT2D eigenvalue weighted by Gasteiger charge is -2.11. The first kappa shape index (κ1) is 21.9. The SMILES string of the molecule is CCNC(=NCCc1ncc(C)s1)NCCc1ccc(CC)cc1.I. The van der Waals surface area contributed by atoms with Gasteiger partial charge in [-0.1, -0.05) is 31.2 Å². The van der Waals surface area contributed by atoms with Crippen molar-refractivity contribution in [1.29, 1.82) is 0 Å². The molecular formula is C19H29IN4S. The number of rotatable bonds is 8. The summed E-state index contributed by atoms with van der Waals surface area (Å²) in [4.78, 5) is 10.3. The molecule has 138 valence electrons. The Morgan fingerprint density at radius 3 is 2.40 bits per heavy atom. The molecular weight excluding hydrogens is 443 g/mol. The van der Waals surface area contributed by atoms with E-state index in [0.29, 0.717) is 0 Å². The van der Waals surface area contributed by atoms with Crippen molar-refractivity contribution in [2.75, 3.05) is 19.6 Å². The van der Waals surface area contributed by atoms with Gasteiger partial charge in [0.2, 0.25) is 0 Å². The highest BCUT2D eigenvalue weighted by molar-refractivity contribution is 14.0. The minimum absolute atomic E-state index is 0. The number of aliphatic imine (C=N–C) groups is 1. The molecule has 2 N–H and O–H groups in total. The van der Waals surface area contributed by atoms with Gasteiger partial charge >= 0.3 is 0 Å². The number of hydrogen-bond donors (Lipinski definition) is 2. The fraction of sp³-hybridized carbons (Fsp3) is 0.474. The normalized spacial score (nSPS) is 11.1. The zero-order chi connectivity index (χ0) is 17.2. The molecule has 4 nitrogen and oxygen atoms in total. The van der Waals surface area contributed by atoms with E-state index in [9.17, 15) is 0 Å². The van der Waals surface area contributed by atoms with Crippen molar-refractivity contribution >= 4 is 41.3 Å². The minimum atomic E-state index is 0. The average Bonchev–Trinajstić information content (AvgIpc) is 3.01. The molecule has 0 bridgehead atoms. The van der Waals surface area contributed by atoms with Crippen LogP contribution in [0.4, 0.5) is 0 Å². The summed E-state index contributed by atoms with van der Waals surface area (Å²) < 4.78 is 0. The molecule has 2 rings (SSSR count). The standard InChI is InChI=1S/C19H28N4S.HI/c1-4-16-6-8-17(9-7-16)10-12-21-19(20-5-2)22-13-11-18-23-14-15(3)24-18;/h6-9,14H,4-5,10-13H2,1-3H3,(H2,20,21,22);1H. The maximum Gasteiger partial charge on any atom is 0.191 e. The van der Waals surface area contributed by atoms with Crippen molar-refractivity contribution in [2.45, 2.75) is 40.0 Å². The van der Waals surface area contributed by atoms with E-state index < -0.39 is 0 Å². The van der Waals surface area contributed by atoms with Crippen LogP contribution in [-0.2, 0) is 19.3 Å². The van der Waals surface area contributed by atoms with Crippen LogP contribution in [-0.4, -0.2) is 30.6 Å². The number of aryl methyl sites for hydroxylation is 2. The predicted molar refractivity (Wildman–Crippen MR) is 119 cm³/mol. The molecule has 0 aliphatic carbocycles. The van der Waals surface area contributed by atoms with Crippen molar-refractivity contribution in [3.63, 3.8) is 0 Å². The molecule has 0 saturated carbocycles. The number of thiazole rings is 1. The third kappa shape index (κ3) is 8.18. The van der Waals surface area contributed by atoms with Gasteiger partial charge in [0.25, 0.3) is 0 Å². The summed E-state index contributed by atoms with van der Waals surface area (Å²) in [5.41, 5.74) is 2.74. The van der Waals surface area contributed by atoms with Crippen LogP contribution in [0, 0.1) is 6.92 Å². The Kier molecular flexibility index (Phi) is 10.7. The molecule has 0 aliphatic heterocycles. The molecule has 6 heteroatoms. The van der Waals surface area contributed by atoms with Crippen LogP contribution in [0.1, 0.15) is 34.9 Å². The lowest BCUT2D eigenvalue weighted by molar-refractivity contribution is 0.796. The molecule has 1 heterocycles. The van der Waals surface area contributed by atoms with Crippen LogP contribution < -0.4 is 10.6 Å². The van der Waals surface area contributed by atoms with Gasteiger partial charge in [-0.3, -0.25) is 4.99 Å². The number of halogens is 1. The van der Waals surface area contributed by atoms with Gasteiger partial charge < -0.3 is 10.6 Å². The van der Waals surface area contributed by atoms with E-state index in [0.717, 1.165) is 49.9 Å². The first-order chi connectivity index (χ1) is 11.7. The maximum atomic E-state index is 4.64. The van der Waals surface area contributed by atoms with Gasteiger partial charge in [0.1, 0.15) is 0 Å². The van der Waals surface area contributed by atoms with Crippen LogP contribution in [0.15, 0.2) is 35.5 Å². The van der Waals surface area contributed by atoms with Crippen molar-refractivity contribution in [3.8, 4) is 0 Å². The molecule has 0 radical (unpaired) electrons. The van der Waals surface area contributed by atoms with Gasteiger partial charge in [0.05, 0.1) is 5.01 Å². The summed E-state index contributed by atoms with van der Waals surface area (Å²) in [6, 6.07) is 8.86. The Balaban J connectivity index is 0.00000312. The summed E-state index contributed by atoms with van der Waals surface area (Å²) in [6.45, 7) is 8.87. The average molecular weight is 472 g/mol. The Morgan fingerprint density at radius 2 is 1.80 bits per heavy atom. The maximum absolute atomic E-state index is 4.64. The quantitative estimate of drug-likeness (QED) is 0.347. The van der Waals surface area contributed by atoms with Crippen LogP contribution in [0.3, 0.4) is 0 Å². The molecule has 2 aromatic rings. The summed E-state index contributed by atoms with van der Waals surface area (Å²) >= 11 is 1.75. The van der Waals surface area contributed by atoms with E-state index in [4.69, 9.17) is 0 Å². The van der Waals surface area contributed by atoms with E-state index in [1.54, 1.807) is 11.3 Å². The number of nitrogens with one attached hydrogen (secondary N) is 2. The van der Waals surface area contributed by atoms with Crippen molar-refractivity contribution in [1.82, 2.24) is 15.6 Å². The lowest BCUT2D eigenvalue weighted by Crippen LogP contribution is -2.38. The third-order valence-corrected chi connectivity index (χ3v) is 4.72. The van der Waals surface area contributed by atoms with Crippen LogP contribution in [0.5, 0.6) is 0 Å². The number of aromatic nitrogens is 1. The third-order valence-electron chi connectivity index (χ3n) is 3.75. The molecule has 0 atom stereocenters. The fourth-order valence-corrected chi connectivity index (χ4v) is 3.16. The number of guanidine groups is 1. The molecule has 25 heavy (non-hydrogen) atoms. The highest BCUT2D eigenvalue weighted by atomic mass is 127. The summed E-state index contributed by atoms with van der Waals surface area (Å²) in [7, 11) is 0.